The van der Waals surface area contributed by atoms with Crippen LogP contribution >= 0.6 is 15.9 Å². The van der Waals surface area contributed by atoms with Gasteiger partial charge in [0.15, 0.2) is 5.75 Å². The van der Waals surface area contributed by atoms with Crippen molar-refractivity contribution in [2.45, 2.75) is 18.9 Å². The maximum absolute atomic E-state index is 9.32. The van der Waals surface area contributed by atoms with Crippen molar-refractivity contribution in [1.29, 1.82) is 0 Å². The molecular formula is C8H12BrN3O. The number of rotatable bonds is 1. The zero-order valence-corrected chi connectivity index (χ0v) is 8.79. The van der Waals surface area contributed by atoms with Gasteiger partial charge in [0.1, 0.15) is 4.60 Å². The van der Waals surface area contributed by atoms with E-state index >= 15 is 0 Å². The number of halogens is 1. The van der Waals surface area contributed by atoms with Gasteiger partial charge in [-0.05, 0) is 41.9 Å². The lowest BCUT2D eigenvalue weighted by Crippen LogP contribution is -2.29. The molecule has 0 atom stereocenters. The minimum atomic E-state index is 0.221. The van der Waals surface area contributed by atoms with Crippen molar-refractivity contribution >= 4 is 15.9 Å². The molecule has 0 spiro atoms. The summed E-state index contributed by atoms with van der Waals surface area (Å²) in [4.78, 5) is 0. The Kier molecular flexibility index (Phi) is 2.55. The zero-order chi connectivity index (χ0) is 9.26. The first kappa shape index (κ1) is 9.02. The molecule has 2 heterocycles. The van der Waals surface area contributed by atoms with Gasteiger partial charge in [-0.3, -0.25) is 4.68 Å². The van der Waals surface area contributed by atoms with E-state index in [1.54, 1.807) is 0 Å². The summed E-state index contributed by atoms with van der Waals surface area (Å²) in [7, 11) is 0. The molecule has 0 aliphatic carbocycles. The number of nitrogens with zero attached hydrogens (tertiary/aromatic N) is 2. The molecule has 1 fully saturated rings. The minimum Gasteiger partial charge on any atom is -0.504 e. The van der Waals surface area contributed by atoms with E-state index in [1.807, 2.05) is 4.68 Å². The first-order valence-electron chi connectivity index (χ1n) is 4.41. The maximum atomic E-state index is 9.32. The largest absolute Gasteiger partial charge is 0.504 e. The van der Waals surface area contributed by atoms with E-state index in [0.29, 0.717) is 10.6 Å². The number of hydrogen-bond acceptors (Lipinski definition) is 3. The van der Waals surface area contributed by atoms with Crippen molar-refractivity contribution in [3.05, 3.63) is 10.8 Å². The molecule has 4 nitrogen and oxygen atoms in total. The van der Waals surface area contributed by atoms with Gasteiger partial charge in [0, 0.05) is 0 Å². The van der Waals surface area contributed by atoms with Gasteiger partial charge < -0.3 is 10.4 Å². The lowest BCUT2D eigenvalue weighted by atomic mass is 10.1. The highest BCUT2D eigenvalue weighted by molar-refractivity contribution is 9.10. The summed E-state index contributed by atoms with van der Waals surface area (Å²) in [5.74, 6) is 0.221. The first-order chi connectivity index (χ1) is 6.29. The SMILES string of the molecule is Oc1cnn(C2CCNCC2)c1Br. The molecule has 0 aromatic carbocycles. The topological polar surface area (TPSA) is 50.1 Å². The summed E-state index contributed by atoms with van der Waals surface area (Å²) in [5, 5.41) is 16.7. The third kappa shape index (κ3) is 1.71. The van der Waals surface area contributed by atoms with Crippen LogP contribution in [0.25, 0.3) is 0 Å². The Bertz CT molecular complexity index is 294. The monoisotopic (exact) mass is 245 g/mol. The zero-order valence-electron chi connectivity index (χ0n) is 7.20. The molecule has 2 N–H and O–H groups in total. The predicted octanol–water partition coefficient (Wildman–Crippen LogP) is 1.28. The van der Waals surface area contributed by atoms with Gasteiger partial charge in [-0.25, -0.2) is 0 Å². The second-order valence-electron chi connectivity index (χ2n) is 3.25. The van der Waals surface area contributed by atoms with Crippen molar-refractivity contribution < 1.29 is 5.11 Å². The summed E-state index contributed by atoms with van der Waals surface area (Å²) in [5.41, 5.74) is 0. The van der Waals surface area contributed by atoms with E-state index in [0.717, 1.165) is 25.9 Å². The van der Waals surface area contributed by atoms with Crippen LogP contribution in [-0.4, -0.2) is 28.0 Å². The second-order valence-corrected chi connectivity index (χ2v) is 4.00. The van der Waals surface area contributed by atoms with Gasteiger partial charge in [-0.1, -0.05) is 0 Å². The molecule has 5 heteroatoms. The minimum absolute atomic E-state index is 0.221. The van der Waals surface area contributed by atoms with Crippen LogP contribution in [0.5, 0.6) is 5.75 Å². The highest BCUT2D eigenvalue weighted by Crippen LogP contribution is 2.28. The molecular weight excluding hydrogens is 234 g/mol. The van der Waals surface area contributed by atoms with Gasteiger partial charge in [0.2, 0.25) is 0 Å². The molecule has 72 valence electrons. The first-order valence-corrected chi connectivity index (χ1v) is 5.21. The fourth-order valence-corrected chi connectivity index (χ4v) is 2.13. The molecule has 1 aromatic heterocycles. The molecule has 2 rings (SSSR count). The summed E-state index contributed by atoms with van der Waals surface area (Å²) < 4.78 is 2.55. The second kappa shape index (κ2) is 3.67. The van der Waals surface area contributed by atoms with E-state index in [1.165, 1.54) is 6.20 Å². The van der Waals surface area contributed by atoms with E-state index in [9.17, 15) is 5.11 Å². The number of hydrogen-bond donors (Lipinski definition) is 2. The fourth-order valence-electron chi connectivity index (χ4n) is 1.64. The standard InChI is InChI=1S/C8H12BrN3O/c9-8-7(13)5-11-12(8)6-1-3-10-4-2-6/h5-6,10,13H,1-4H2. The van der Waals surface area contributed by atoms with Crippen LogP contribution in [-0.2, 0) is 0 Å². The Morgan fingerprint density at radius 3 is 2.77 bits per heavy atom. The summed E-state index contributed by atoms with van der Waals surface area (Å²) in [6.07, 6.45) is 3.62. The van der Waals surface area contributed by atoms with Crippen LogP contribution in [0.4, 0.5) is 0 Å². The summed E-state index contributed by atoms with van der Waals surface area (Å²) in [6, 6.07) is 0.413. The van der Waals surface area contributed by atoms with Crippen LogP contribution in [0.2, 0.25) is 0 Å². The number of aromatic hydroxyl groups is 1. The summed E-state index contributed by atoms with van der Waals surface area (Å²) >= 11 is 3.32. The Hall–Kier alpha value is -0.550. The van der Waals surface area contributed by atoms with Crippen LogP contribution in [0.1, 0.15) is 18.9 Å². The third-order valence-electron chi connectivity index (χ3n) is 2.37. The highest BCUT2D eigenvalue weighted by atomic mass is 79.9. The molecule has 1 aliphatic heterocycles. The highest BCUT2D eigenvalue weighted by Gasteiger charge is 2.18. The lowest BCUT2D eigenvalue weighted by Gasteiger charge is -2.23. The molecule has 0 amide bonds. The number of piperidine rings is 1. The lowest BCUT2D eigenvalue weighted by molar-refractivity contribution is 0.336. The van der Waals surface area contributed by atoms with Crippen LogP contribution < -0.4 is 5.32 Å². The van der Waals surface area contributed by atoms with E-state index in [2.05, 4.69) is 26.3 Å². The van der Waals surface area contributed by atoms with Gasteiger partial charge in [-0.15, -0.1) is 0 Å². The molecule has 0 radical (unpaired) electrons. The van der Waals surface area contributed by atoms with Crippen LogP contribution in [0.3, 0.4) is 0 Å². The van der Waals surface area contributed by atoms with Crippen LogP contribution in [0.15, 0.2) is 10.8 Å². The molecule has 1 saturated heterocycles. The van der Waals surface area contributed by atoms with Gasteiger partial charge in [0.05, 0.1) is 12.2 Å². The average Bonchev–Trinajstić information content (AvgIpc) is 2.49. The van der Waals surface area contributed by atoms with Gasteiger partial charge in [-0.2, -0.15) is 5.10 Å². The van der Waals surface area contributed by atoms with Crippen molar-refractivity contribution in [2.75, 3.05) is 13.1 Å². The quantitative estimate of drug-likeness (QED) is 0.784. The van der Waals surface area contributed by atoms with Crippen LogP contribution in [0, 0.1) is 0 Å². The third-order valence-corrected chi connectivity index (χ3v) is 3.14. The Morgan fingerprint density at radius 1 is 1.54 bits per heavy atom. The molecule has 0 unspecified atom stereocenters. The molecule has 1 aromatic rings. The van der Waals surface area contributed by atoms with E-state index < -0.39 is 0 Å². The van der Waals surface area contributed by atoms with Crippen molar-refractivity contribution in [1.82, 2.24) is 15.1 Å². The van der Waals surface area contributed by atoms with Gasteiger partial charge >= 0.3 is 0 Å². The smallest absolute Gasteiger partial charge is 0.168 e. The maximum Gasteiger partial charge on any atom is 0.168 e. The number of aromatic nitrogens is 2. The van der Waals surface area contributed by atoms with E-state index in [-0.39, 0.29) is 5.75 Å². The Morgan fingerprint density at radius 2 is 2.23 bits per heavy atom. The van der Waals surface area contributed by atoms with Crippen molar-refractivity contribution in [3.8, 4) is 5.75 Å². The fraction of sp³-hybridized carbons (Fsp3) is 0.625. The van der Waals surface area contributed by atoms with Crippen molar-refractivity contribution in [2.24, 2.45) is 0 Å². The number of nitrogens with one attached hydrogen (secondary N) is 1. The Balaban J connectivity index is 2.18. The Labute approximate surface area is 85.1 Å². The molecule has 13 heavy (non-hydrogen) atoms. The van der Waals surface area contributed by atoms with E-state index in [4.69, 9.17) is 0 Å². The van der Waals surface area contributed by atoms with Crippen molar-refractivity contribution in [3.63, 3.8) is 0 Å². The van der Waals surface area contributed by atoms with Gasteiger partial charge in [0.25, 0.3) is 0 Å². The predicted molar refractivity (Wildman–Crippen MR) is 52.7 cm³/mol. The molecule has 0 bridgehead atoms. The summed E-state index contributed by atoms with van der Waals surface area (Å²) in [6.45, 7) is 2.05. The average molecular weight is 246 g/mol. The normalized spacial score (nSPS) is 19.2. The molecule has 0 saturated carbocycles. The molecule has 1 aliphatic rings.